The third kappa shape index (κ3) is 3.03. The molecule has 2 N–H and O–H groups in total. The Balaban J connectivity index is 1.93. The van der Waals surface area contributed by atoms with Crippen molar-refractivity contribution >= 4 is 29.1 Å². The normalized spacial score (nSPS) is 24.1. The van der Waals surface area contributed by atoms with Gasteiger partial charge >= 0.3 is 5.97 Å². The Labute approximate surface area is 110 Å². The van der Waals surface area contributed by atoms with E-state index in [1.54, 1.807) is 0 Å². The summed E-state index contributed by atoms with van der Waals surface area (Å²) in [5.74, 6) is -0.815. The van der Waals surface area contributed by atoms with E-state index in [1.807, 2.05) is 23.2 Å². The van der Waals surface area contributed by atoms with Crippen LogP contribution in [0, 0.1) is 0 Å². The Hall–Kier alpha value is -0.520. The van der Waals surface area contributed by atoms with Crippen molar-refractivity contribution in [3.8, 4) is 0 Å². The van der Waals surface area contributed by atoms with Gasteiger partial charge in [0.2, 0.25) is 0 Å². The molecule has 2 rings (SSSR count). The van der Waals surface area contributed by atoms with Crippen molar-refractivity contribution in [2.24, 2.45) is 0 Å². The summed E-state index contributed by atoms with van der Waals surface area (Å²) in [5, 5.41) is 15.1. The number of carboxylic acids is 1. The van der Waals surface area contributed by atoms with E-state index in [-0.39, 0.29) is 0 Å². The maximum atomic E-state index is 11.0. The number of carbonyl (C=O) groups is 1. The predicted octanol–water partition coefficient (Wildman–Crippen LogP) is 2.82. The van der Waals surface area contributed by atoms with Crippen LogP contribution in [0.4, 0.5) is 0 Å². The van der Waals surface area contributed by atoms with E-state index < -0.39 is 5.97 Å². The second kappa shape index (κ2) is 5.89. The van der Waals surface area contributed by atoms with Crippen molar-refractivity contribution in [1.82, 2.24) is 5.32 Å². The lowest BCUT2D eigenvalue weighted by atomic mass is 10.2. The third-order valence-electron chi connectivity index (χ3n) is 3.25. The van der Waals surface area contributed by atoms with E-state index in [4.69, 9.17) is 5.11 Å². The first kappa shape index (κ1) is 12.9. The molecular formula is C12H17NO2S2. The third-order valence-corrected chi connectivity index (χ3v) is 5.37. The minimum atomic E-state index is -0.815. The van der Waals surface area contributed by atoms with Gasteiger partial charge in [0.1, 0.15) is 4.88 Å². The molecule has 0 amide bonds. The number of hydrogen-bond donors (Lipinski definition) is 2. The second-order valence-corrected chi connectivity index (χ2v) is 6.27. The number of aromatic carboxylic acids is 1. The molecule has 5 heteroatoms. The molecule has 0 radical (unpaired) electrons. The van der Waals surface area contributed by atoms with Gasteiger partial charge in [-0.2, -0.15) is 11.8 Å². The number of thioether (sulfide) groups is 1. The van der Waals surface area contributed by atoms with Crippen LogP contribution in [0.5, 0.6) is 0 Å². The molecule has 17 heavy (non-hydrogen) atoms. The predicted molar refractivity (Wildman–Crippen MR) is 73.1 cm³/mol. The van der Waals surface area contributed by atoms with Crippen molar-refractivity contribution in [3.05, 3.63) is 21.9 Å². The summed E-state index contributed by atoms with van der Waals surface area (Å²) < 4.78 is 0. The van der Waals surface area contributed by atoms with Gasteiger partial charge in [0.25, 0.3) is 0 Å². The lowest BCUT2D eigenvalue weighted by molar-refractivity contribution is 0.0701. The summed E-state index contributed by atoms with van der Waals surface area (Å²) in [6, 6.07) is 2.44. The van der Waals surface area contributed by atoms with Gasteiger partial charge in [0, 0.05) is 17.8 Å². The molecule has 1 fully saturated rings. The highest BCUT2D eigenvalue weighted by Crippen LogP contribution is 2.28. The highest BCUT2D eigenvalue weighted by atomic mass is 32.2. The van der Waals surface area contributed by atoms with Crippen LogP contribution in [0.15, 0.2) is 11.4 Å². The zero-order valence-electron chi connectivity index (χ0n) is 9.81. The van der Waals surface area contributed by atoms with Crippen LogP contribution in [-0.2, 0) is 6.54 Å². The lowest BCUT2D eigenvalue weighted by Crippen LogP contribution is -2.33. The molecule has 0 aliphatic heterocycles. The molecule has 0 saturated heterocycles. The molecule has 2 atom stereocenters. The van der Waals surface area contributed by atoms with Crippen LogP contribution in [0.1, 0.15) is 34.5 Å². The maximum absolute atomic E-state index is 11.0. The largest absolute Gasteiger partial charge is 0.477 e. The van der Waals surface area contributed by atoms with Crippen LogP contribution in [-0.4, -0.2) is 28.6 Å². The Bertz CT molecular complexity index is 392. The molecule has 0 spiro atoms. The number of hydrogen-bond acceptors (Lipinski definition) is 4. The maximum Gasteiger partial charge on any atom is 0.346 e. The number of nitrogens with one attached hydrogen (secondary N) is 1. The van der Waals surface area contributed by atoms with Crippen molar-refractivity contribution in [1.29, 1.82) is 0 Å². The summed E-state index contributed by atoms with van der Waals surface area (Å²) in [6.45, 7) is 0.673. The monoisotopic (exact) mass is 271 g/mol. The summed E-state index contributed by atoms with van der Waals surface area (Å²) >= 11 is 3.21. The number of rotatable bonds is 5. The Morgan fingerprint density at radius 3 is 3.18 bits per heavy atom. The Morgan fingerprint density at radius 1 is 1.65 bits per heavy atom. The summed E-state index contributed by atoms with van der Waals surface area (Å²) in [4.78, 5) is 11.4. The van der Waals surface area contributed by atoms with Crippen molar-refractivity contribution in [2.45, 2.75) is 37.1 Å². The first-order chi connectivity index (χ1) is 8.22. The van der Waals surface area contributed by atoms with Crippen molar-refractivity contribution < 1.29 is 9.90 Å². The van der Waals surface area contributed by atoms with Gasteiger partial charge in [0.05, 0.1) is 0 Å². The Morgan fingerprint density at radius 2 is 2.47 bits per heavy atom. The van der Waals surface area contributed by atoms with Crippen molar-refractivity contribution in [2.75, 3.05) is 6.26 Å². The first-order valence-corrected chi connectivity index (χ1v) is 7.95. The average molecular weight is 271 g/mol. The van der Waals surface area contributed by atoms with Gasteiger partial charge in [-0.05, 0) is 36.1 Å². The quantitative estimate of drug-likeness (QED) is 0.864. The van der Waals surface area contributed by atoms with E-state index in [9.17, 15) is 4.79 Å². The minimum absolute atomic E-state index is 0.469. The van der Waals surface area contributed by atoms with Crippen molar-refractivity contribution in [3.63, 3.8) is 0 Å². The van der Waals surface area contributed by atoms with Crippen LogP contribution in [0.3, 0.4) is 0 Å². The fourth-order valence-corrected chi connectivity index (χ4v) is 4.07. The smallest absolute Gasteiger partial charge is 0.346 e. The van der Waals surface area contributed by atoms with Gasteiger partial charge in [-0.15, -0.1) is 11.3 Å². The molecule has 3 nitrogen and oxygen atoms in total. The minimum Gasteiger partial charge on any atom is -0.477 e. The molecule has 94 valence electrons. The van der Waals surface area contributed by atoms with Gasteiger partial charge < -0.3 is 10.4 Å². The fourth-order valence-electron chi connectivity index (χ4n) is 2.35. The van der Waals surface area contributed by atoms with E-state index in [1.165, 1.54) is 30.6 Å². The molecule has 1 heterocycles. The number of thiophene rings is 1. The van der Waals surface area contributed by atoms with Gasteiger partial charge in [0.15, 0.2) is 0 Å². The topological polar surface area (TPSA) is 49.3 Å². The van der Waals surface area contributed by atoms with Gasteiger partial charge in [-0.3, -0.25) is 0 Å². The number of carboxylic acid groups (broad SMARTS) is 1. The van der Waals surface area contributed by atoms with Gasteiger partial charge in [-0.25, -0.2) is 4.79 Å². The second-order valence-electron chi connectivity index (χ2n) is 4.27. The molecule has 1 aromatic rings. The SMILES string of the molecule is CSC1CCCC1NCc1ccsc1C(=O)O. The van der Waals surface area contributed by atoms with E-state index in [2.05, 4.69) is 11.6 Å². The molecule has 1 saturated carbocycles. The molecule has 2 unspecified atom stereocenters. The Kier molecular flexibility index (Phi) is 4.48. The van der Waals surface area contributed by atoms with Crippen LogP contribution in [0.2, 0.25) is 0 Å². The fraction of sp³-hybridized carbons (Fsp3) is 0.583. The highest BCUT2D eigenvalue weighted by Gasteiger charge is 2.26. The van der Waals surface area contributed by atoms with E-state index in [0.717, 1.165) is 5.56 Å². The van der Waals surface area contributed by atoms with E-state index in [0.29, 0.717) is 22.7 Å². The van der Waals surface area contributed by atoms with Crippen LogP contribution >= 0.6 is 23.1 Å². The highest BCUT2D eigenvalue weighted by molar-refractivity contribution is 7.99. The molecule has 0 bridgehead atoms. The molecule has 1 aliphatic rings. The summed E-state index contributed by atoms with van der Waals surface area (Å²) in [6.07, 6.45) is 5.91. The molecule has 1 aliphatic carbocycles. The van der Waals surface area contributed by atoms with E-state index >= 15 is 0 Å². The lowest BCUT2D eigenvalue weighted by Gasteiger charge is -2.19. The summed E-state index contributed by atoms with van der Waals surface area (Å²) in [7, 11) is 0. The average Bonchev–Trinajstić information content (AvgIpc) is 2.94. The van der Waals surface area contributed by atoms with Crippen LogP contribution < -0.4 is 5.32 Å². The molecule has 1 aromatic heterocycles. The van der Waals surface area contributed by atoms with Crippen LogP contribution in [0.25, 0.3) is 0 Å². The summed E-state index contributed by atoms with van der Waals surface area (Å²) in [5.41, 5.74) is 0.911. The zero-order valence-corrected chi connectivity index (χ0v) is 11.4. The zero-order chi connectivity index (χ0) is 12.3. The molecule has 0 aromatic carbocycles. The van der Waals surface area contributed by atoms with Gasteiger partial charge in [-0.1, -0.05) is 6.42 Å². The molecular weight excluding hydrogens is 254 g/mol. The standard InChI is InChI=1S/C12H17NO2S2/c1-16-10-4-2-3-9(10)13-7-8-5-6-17-11(8)12(14)15/h5-6,9-10,13H,2-4,7H2,1H3,(H,14,15). The first-order valence-electron chi connectivity index (χ1n) is 5.78.